The van der Waals surface area contributed by atoms with E-state index in [1.807, 2.05) is 13.0 Å². The zero-order valence-electron chi connectivity index (χ0n) is 12.0. The summed E-state index contributed by atoms with van der Waals surface area (Å²) in [5.41, 5.74) is 0.375. The fourth-order valence-corrected chi connectivity index (χ4v) is 3.18. The van der Waals surface area contributed by atoms with E-state index in [2.05, 4.69) is 27.4 Å². The Bertz CT molecular complexity index is 659. The van der Waals surface area contributed by atoms with E-state index < -0.39 is 0 Å². The predicted octanol–water partition coefficient (Wildman–Crippen LogP) is 1.96. The van der Waals surface area contributed by atoms with Gasteiger partial charge in [0.25, 0.3) is 0 Å². The molecule has 0 amide bonds. The molecule has 0 radical (unpaired) electrons. The highest BCUT2D eigenvalue weighted by atomic mass is 16.1. The van der Waals surface area contributed by atoms with Gasteiger partial charge in [-0.25, -0.2) is 19.3 Å². The van der Waals surface area contributed by atoms with Crippen LogP contribution in [0.25, 0.3) is 5.65 Å². The van der Waals surface area contributed by atoms with E-state index in [4.69, 9.17) is 0 Å². The molecule has 1 fully saturated rings. The first-order chi connectivity index (χ1) is 9.63. The van der Waals surface area contributed by atoms with Gasteiger partial charge in [0.15, 0.2) is 5.65 Å². The van der Waals surface area contributed by atoms with Crippen molar-refractivity contribution in [2.75, 3.05) is 11.9 Å². The SMILES string of the molecule is Cc1nc(NCC2CCCC(C)C2)cc2n[nH]c(=O)n12. The molecule has 2 heterocycles. The molecule has 0 bridgehead atoms. The lowest BCUT2D eigenvalue weighted by molar-refractivity contribution is 0.293. The van der Waals surface area contributed by atoms with Gasteiger partial charge in [0.05, 0.1) is 0 Å². The minimum atomic E-state index is -0.238. The number of nitrogens with zero attached hydrogens (tertiary/aromatic N) is 3. The van der Waals surface area contributed by atoms with Crippen LogP contribution in [-0.2, 0) is 0 Å². The third-order valence-corrected chi connectivity index (χ3v) is 4.19. The number of rotatable bonds is 3. The molecule has 0 aliphatic heterocycles. The molecule has 6 nitrogen and oxygen atoms in total. The predicted molar refractivity (Wildman–Crippen MR) is 78.0 cm³/mol. The fourth-order valence-electron chi connectivity index (χ4n) is 3.18. The molecule has 2 unspecified atom stereocenters. The second-order valence-corrected chi connectivity index (χ2v) is 5.93. The first kappa shape index (κ1) is 13.1. The molecular formula is C14H21N5O. The number of nitrogens with one attached hydrogen (secondary N) is 2. The van der Waals surface area contributed by atoms with Crippen molar-refractivity contribution in [1.29, 1.82) is 0 Å². The molecule has 1 saturated carbocycles. The Morgan fingerprint density at radius 3 is 3.15 bits per heavy atom. The van der Waals surface area contributed by atoms with E-state index >= 15 is 0 Å². The maximum atomic E-state index is 11.5. The van der Waals surface area contributed by atoms with Gasteiger partial charge in [0.2, 0.25) is 0 Å². The number of hydrogen-bond acceptors (Lipinski definition) is 4. The lowest BCUT2D eigenvalue weighted by Gasteiger charge is -2.26. The molecule has 20 heavy (non-hydrogen) atoms. The zero-order valence-corrected chi connectivity index (χ0v) is 12.0. The molecular weight excluding hydrogens is 254 g/mol. The van der Waals surface area contributed by atoms with E-state index in [-0.39, 0.29) is 5.69 Å². The van der Waals surface area contributed by atoms with Gasteiger partial charge in [-0.3, -0.25) is 0 Å². The second kappa shape index (κ2) is 5.26. The van der Waals surface area contributed by atoms with Gasteiger partial charge in [0.1, 0.15) is 11.6 Å². The van der Waals surface area contributed by atoms with Crippen LogP contribution in [0.3, 0.4) is 0 Å². The third-order valence-electron chi connectivity index (χ3n) is 4.19. The van der Waals surface area contributed by atoms with E-state index in [1.165, 1.54) is 30.1 Å². The maximum absolute atomic E-state index is 11.5. The van der Waals surface area contributed by atoms with Gasteiger partial charge in [-0.15, -0.1) is 0 Å². The second-order valence-electron chi connectivity index (χ2n) is 5.93. The van der Waals surface area contributed by atoms with Crippen LogP contribution in [0, 0.1) is 18.8 Å². The van der Waals surface area contributed by atoms with Crippen LogP contribution in [0.4, 0.5) is 5.82 Å². The minimum Gasteiger partial charge on any atom is -0.370 e. The summed E-state index contributed by atoms with van der Waals surface area (Å²) in [7, 11) is 0. The van der Waals surface area contributed by atoms with Crippen LogP contribution in [0.5, 0.6) is 0 Å². The average Bonchev–Trinajstić information content (AvgIpc) is 2.79. The summed E-state index contributed by atoms with van der Waals surface area (Å²) in [5.74, 6) is 3.00. The summed E-state index contributed by atoms with van der Waals surface area (Å²) in [6.45, 7) is 5.09. The third kappa shape index (κ3) is 2.55. The van der Waals surface area contributed by atoms with Crippen molar-refractivity contribution in [3.8, 4) is 0 Å². The van der Waals surface area contributed by atoms with Crippen molar-refractivity contribution < 1.29 is 0 Å². The van der Waals surface area contributed by atoms with E-state index in [1.54, 1.807) is 0 Å². The highest BCUT2D eigenvalue weighted by molar-refractivity contribution is 5.49. The van der Waals surface area contributed by atoms with Crippen molar-refractivity contribution in [3.63, 3.8) is 0 Å². The summed E-state index contributed by atoms with van der Waals surface area (Å²) < 4.78 is 1.48. The Labute approximate surface area is 117 Å². The van der Waals surface area contributed by atoms with Crippen molar-refractivity contribution in [2.45, 2.75) is 39.5 Å². The van der Waals surface area contributed by atoms with Gasteiger partial charge in [-0.2, -0.15) is 5.10 Å². The molecule has 2 atom stereocenters. The van der Waals surface area contributed by atoms with Gasteiger partial charge in [-0.05, 0) is 31.6 Å². The smallest absolute Gasteiger partial charge is 0.349 e. The van der Waals surface area contributed by atoms with Crippen LogP contribution in [0.2, 0.25) is 0 Å². The van der Waals surface area contributed by atoms with Gasteiger partial charge in [0, 0.05) is 12.6 Å². The quantitative estimate of drug-likeness (QED) is 0.898. The molecule has 0 spiro atoms. The number of aromatic amines is 1. The summed E-state index contributed by atoms with van der Waals surface area (Å²) >= 11 is 0. The highest BCUT2D eigenvalue weighted by Gasteiger charge is 2.18. The summed E-state index contributed by atoms with van der Waals surface area (Å²) in [6.07, 6.45) is 5.26. The van der Waals surface area contributed by atoms with Crippen molar-refractivity contribution in [2.24, 2.45) is 11.8 Å². The number of hydrogen-bond donors (Lipinski definition) is 2. The van der Waals surface area contributed by atoms with Gasteiger partial charge >= 0.3 is 5.69 Å². The van der Waals surface area contributed by atoms with Crippen molar-refractivity contribution >= 4 is 11.5 Å². The monoisotopic (exact) mass is 275 g/mol. The molecule has 2 aromatic heterocycles. The highest BCUT2D eigenvalue weighted by Crippen LogP contribution is 2.28. The number of aromatic nitrogens is 4. The molecule has 2 aromatic rings. The maximum Gasteiger partial charge on any atom is 0.349 e. The molecule has 1 aliphatic carbocycles. The normalized spacial score (nSPS) is 23.1. The summed E-state index contributed by atoms with van der Waals surface area (Å²) in [4.78, 5) is 16.0. The minimum absolute atomic E-state index is 0.238. The Hall–Kier alpha value is -1.85. The average molecular weight is 275 g/mol. The number of fused-ring (bicyclic) bond motifs is 1. The molecule has 0 aromatic carbocycles. The number of anilines is 1. The lowest BCUT2D eigenvalue weighted by atomic mass is 9.82. The fraction of sp³-hybridized carbons (Fsp3) is 0.643. The Kier molecular flexibility index (Phi) is 3.46. The van der Waals surface area contributed by atoms with Gasteiger partial charge in [-0.1, -0.05) is 19.8 Å². The first-order valence-electron chi connectivity index (χ1n) is 7.32. The summed E-state index contributed by atoms with van der Waals surface area (Å²) in [5, 5.41) is 9.83. The van der Waals surface area contributed by atoms with E-state index in [0.29, 0.717) is 11.5 Å². The topological polar surface area (TPSA) is 75.1 Å². The van der Waals surface area contributed by atoms with Crippen molar-refractivity contribution in [3.05, 3.63) is 22.4 Å². The molecule has 0 saturated heterocycles. The zero-order chi connectivity index (χ0) is 14.1. The number of aryl methyl sites for hydroxylation is 1. The van der Waals surface area contributed by atoms with Crippen LogP contribution in [-0.4, -0.2) is 26.1 Å². The van der Waals surface area contributed by atoms with E-state index in [0.717, 1.165) is 24.2 Å². The lowest BCUT2D eigenvalue weighted by Crippen LogP contribution is -2.22. The van der Waals surface area contributed by atoms with Gasteiger partial charge < -0.3 is 5.32 Å². The molecule has 6 heteroatoms. The molecule has 1 aliphatic rings. The molecule has 3 rings (SSSR count). The number of H-pyrrole nitrogens is 1. The van der Waals surface area contributed by atoms with Crippen molar-refractivity contribution in [1.82, 2.24) is 19.6 Å². The van der Waals surface area contributed by atoms with Crippen LogP contribution < -0.4 is 11.0 Å². The molecule has 2 N–H and O–H groups in total. The Balaban J connectivity index is 1.73. The van der Waals surface area contributed by atoms with Crippen LogP contribution >= 0.6 is 0 Å². The standard InChI is InChI=1S/C14H21N5O/c1-9-4-3-5-11(6-9)8-15-12-7-13-17-18-14(20)19(13)10(2)16-12/h7,9,11,15H,3-6,8H2,1-2H3,(H,18,20). The largest absolute Gasteiger partial charge is 0.370 e. The first-order valence-corrected chi connectivity index (χ1v) is 7.32. The Morgan fingerprint density at radius 1 is 1.50 bits per heavy atom. The summed E-state index contributed by atoms with van der Waals surface area (Å²) in [6, 6.07) is 1.82. The Morgan fingerprint density at radius 2 is 2.35 bits per heavy atom. The van der Waals surface area contributed by atoms with E-state index in [9.17, 15) is 4.79 Å². The molecule has 108 valence electrons. The van der Waals surface area contributed by atoms with Crippen LogP contribution in [0.1, 0.15) is 38.4 Å². The van der Waals surface area contributed by atoms with Crippen LogP contribution in [0.15, 0.2) is 10.9 Å².